The molecule has 1 aromatic heterocycles. The van der Waals surface area contributed by atoms with Gasteiger partial charge in [-0.15, -0.1) is 0 Å². The molecule has 0 aliphatic carbocycles. The molecule has 2 aromatic rings. The van der Waals surface area contributed by atoms with E-state index in [1.165, 1.54) is 12.1 Å². The van der Waals surface area contributed by atoms with E-state index >= 15 is 0 Å². The average Bonchev–Trinajstić information content (AvgIpc) is 2.30. The van der Waals surface area contributed by atoms with E-state index in [4.69, 9.17) is 5.73 Å². The van der Waals surface area contributed by atoms with Crippen molar-refractivity contribution in [3.8, 4) is 11.1 Å². The minimum atomic E-state index is -0.591. The van der Waals surface area contributed by atoms with Crippen LogP contribution >= 0.6 is 0 Å². The number of rotatable bonds is 2. The smallest absolute Gasteiger partial charge is 0.134 e. The van der Waals surface area contributed by atoms with Crippen LogP contribution in [0.25, 0.3) is 11.1 Å². The van der Waals surface area contributed by atoms with Crippen LogP contribution < -0.4 is 5.73 Å². The fourth-order valence-electron chi connectivity index (χ4n) is 1.74. The van der Waals surface area contributed by atoms with Crippen LogP contribution in [0.15, 0.2) is 30.3 Å². The van der Waals surface area contributed by atoms with Gasteiger partial charge in [0.25, 0.3) is 0 Å². The van der Waals surface area contributed by atoms with Crippen LogP contribution in [0.5, 0.6) is 0 Å². The van der Waals surface area contributed by atoms with Crippen molar-refractivity contribution in [3.63, 3.8) is 0 Å². The van der Waals surface area contributed by atoms with Crippen LogP contribution in [-0.4, -0.2) is 4.98 Å². The SMILES string of the molecule is CCc1nc(N)ccc1-c1ccc(F)cc1F. The summed E-state index contributed by atoms with van der Waals surface area (Å²) in [6.07, 6.45) is 0.636. The maximum absolute atomic E-state index is 13.7. The molecule has 0 amide bonds. The molecule has 2 rings (SSSR count). The van der Waals surface area contributed by atoms with Crippen molar-refractivity contribution < 1.29 is 8.78 Å². The van der Waals surface area contributed by atoms with Gasteiger partial charge < -0.3 is 5.73 Å². The van der Waals surface area contributed by atoms with Gasteiger partial charge in [0.05, 0.1) is 5.69 Å². The topological polar surface area (TPSA) is 38.9 Å². The van der Waals surface area contributed by atoms with Gasteiger partial charge in [-0.25, -0.2) is 13.8 Å². The van der Waals surface area contributed by atoms with Gasteiger partial charge in [0, 0.05) is 17.2 Å². The summed E-state index contributed by atoms with van der Waals surface area (Å²) in [7, 11) is 0. The number of pyridine rings is 1. The lowest BCUT2D eigenvalue weighted by Gasteiger charge is -2.09. The largest absolute Gasteiger partial charge is 0.384 e. The molecule has 0 radical (unpaired) electrons. The predicted octanol–water partition coefficient (Wildman–Crippen LogP) is 3.17. The number of hydrogen-bond acceptors (Lipinski definition) is 2. The summed E-state index contributed by atoms with van der Waals surface area (Å²) in [5, 5.41) is 0. The average molecular weight is 234 g/mol. The molecule has 0 aliphatic rings. The Bertz CT molecular complexity index is 553. The van der Waals surface area contributed by atoms with Crippen molar-refractivity contribution in [1.82, 2.24) is 4.98 Å². The lowest BCUT2D eigenvalue weighted by Crippen LogP contribution is -1.98. The molecule has 0 aliphatic heterocycles. The Labute approximate surface area is 98.1 Å². The molecule has 0 fully saturated rings. The molecular formula is C13H12F2N2. The molecule has 0 spiro atoms. The van der Waals surface area contributed by atoms with Gasteiger partial charge in [-0.1, -0.05) is 6.92 Å². The number of benzene rings is 1. The predicted molar refractivity (Wildman–Crippen MR) is 63.4 cm³/mol. The lowest BCUT2D eigenvalue weighted by atomic mass is 10.0. The fraction of sp³-hybridized carbons (Fsp3) is 0.154. The molecule has 0 bridgehead atoms. The minimum absolute atomic E-state index is 0.343. The molecule has 0 unspecified atom stereocenters. The van der Waals surface area contributed by atoms with Gasteiger partial charge in [-0.3, -0.25) is 0 Å². The molecule has 0 atom stereocenters. The quantitative estimate of drug-likeness (QED) is 0.866. The van der Waals surface area contributed by atoms with Gasteiger partial charge in [0.15, 0.2) is 0 Å². The highest BCUT2D eigenvalue weighted by molar-refractivity contribution is 5.67. The van der Waals surface area contributed by atoms with Crippen molar-refractivity contribution in [2.24, 2.45) is 0 Å². The summed E-state index contributed by atoms with van der Waals surface area (Å²) in [4.78, 5) is 4.15. The monoisotopic (exact) mass is 234 g/mol. The van der Waals surface area contributed by atoms with Crippen molar-refractivity contribution in [2.75, 3.05) is 5.73 Å². The zero-order valence-electron chi connectivity index (χ0n) is 9.37. The molecule has 2 N–H and O–H groups in total. The van der Waals surface area contributed by atoms with E-state index in [1.54, 1.807) is 12.1 Å². The van der Waals surface area contributed by atoms with E-state index in [0.29, 0.717) is 29.1 Å². The van der Waals surface area contributed by atoms with E-state index in [-0.39, 0.29) is 0 Å². The number of nitrogen functional groups attached to an aromatic ring is 1. The van der Waals surface area contributed by atoms with E-state index in [2.05, 4.69) is 4.98 Å². The van der Waals surface area contributed by atoms with Crippen LogP contribution in [0.4, 0.5) is 14.6 Å². The van der Waals surface area contributed by atoms with E-state index in [1.807, 2.05) is 6.92 Å². The highest BCUT2D eigenvalue weighted by atomic mass is 19.1. The first kappa shape index (κ1) is 11.5. The standard InChI is InChI=1S/C13H12F2N2/c1-2-12-10(5-6-13(16)17-12)9-4-3-8(14)7-11(9)15/h3-7H,2H2,1H3,(H2,16,17). The second-order valence-corrected chi connectivity index (χ2v) is 3.71. The molecule has 1 heterocycles. The Morgan fingerprint density at radius 2 is 1.82 bits per heavy atom. The Hall–Kier alpha value is -1.97. The zero-order chi connectivity index (χ0) is 12.4. The molecule has 4 heteroatoms. The van der Waals surface area contributed by atoms with Crippen LogP contribution in [0.2, 0.25) is 0 Å². The fourth-order valence-corrected chi connectivity index (χ4v) is 1.74. The Morgan fingerprint density at radius 1 is 1.12 bits per heavy atom. The van der Waals surface area contributed by atoms with Gasteiger partial charge in [-0.2, -0.15) is 0 Å². The summed E-state index contributed by atoms with van der Waals surface area (Å²) in [6.45, 7) is 1.91. The first-order chi connectivity index (χ1) is 8.11. The highest BCUT2D eigenvalue weighted by Crippen LogP contribution is 2.27. The van der Waals surface area contributed by atoms with Crippen molar-refractivity contribution >= 4 is 5.82 Å². The molecule has 1 aromatic carbocycles. The number of halogens is 2. The summed E-state index contributed by atoms with van der Waals surface area (Å²) in [6, 6.07) is 6.82. The third-order valence-electron chi connectivity index (χ3n) is 2.55. The second-order valence-electron chi connectivity index (χ2n) is 3.71. The first-order valence-corrected chi connectivity index (χ1v) is 5.32. The minimum Gasteiger partial charge on any atom is -0.384 e. The molecule has 0 saturated carbocycles. The van der Waals surface area contributed by atoms with E-state index in [0.717, 1.165) is 6.07 Å². The second kappa shape index (κ2) is 4.49. The number of nitrogens with zero attached hydrogens (tertiary/aromatic N) is 1. The maximum Gasteiger partial charge on any atom is 0.134 e. The Balaban J connectivity index is 2.60. The van der Waals surface area contributed by atoms with Crippen molar-refractivity contribution in [2.45, 2.75) is 13.3 Å². The van der Waals surface area contributed by atoms with Gasteiger partial charge >= 0.3 is 0 Å². The lowest BCUT2D eigenvalue weighted by molar-refractivity contribution is 0.585. The number of aryl methyl sites for hydroxylation is 1. The third-order valence-corrected chi connectivity index (χ3v) is 2.55. The van der Waals surface area contributed by atoms with Crippen LogP contribution in [0.1, 0.15) is 12.6 Å². The number of anilines is 1. The molecule has 0 saturated heterocycles. The zero-order valence-corrected chi connectivity index (χ0v) is 9.37. The third kappa shape index (κ3) is 2.25. The van der Waals surface area contributed by atoms with Gasteiger partial charge in [0.2, 0.25) is 0 Å². The molecule has 88 valence electrons. The molecule has 2 nitrogen and oxygen atoms in total. The van der Waals surface area contributed by atoms with E-state index in [9.17, 15) is 8.78 Å². The van der Waals surface area contributed by atoms with E-state index < -0.39 is 11.6 Å². The van der Waals surface area contributed by atoms with Crippen LogP contribution in [0.3, 0.4) is 0 Å². The van der Waals surface area contributed by atoms with Gasteiger partial charge in [-0.05, 0) is 30.7 Å². The first-order valence-electron chi connectivity index (χ1n) is 5.32. The molecule has 17 heavy (non-hydrogen) atoms. The summed E-state index contributed by atoms with van der Waals surface area (Å²) in [5.41, 5.74) is 7.28. The van der Waals surface area contributed by atoms with Crippen molar-refractivity contribution in [3.05, 3.63) is 47.7 Å². The summed E-state index contributed by atoms with van der Waals surface area (Å²) < 4.78 is 26.5. The number of hydrogen-bond donors (Lipinski definition) is 1. The maximum atomic E-state index is 13.7. The van der Waals surface area contributed by atoms with Crippen LogP contribution in [0, 0.1) is 11.6 Å². The molecular weight excluding hydrogens is 222 g/mol. The Kier molecular flexibility index (Phi) is 3.04. The number of aromatic nitrogens is 1. The van der Waals surface area contributed by atoms with Crippen molar-refractivity contribution in [1.29, 1.82) is 0 Å². The summed E-state index contributed by atoms with van der Waals surface area (Å²) in [5.74, 6) is -0.785. The Morgan fingerprint density at radius 3 is 2.47 bits per heavy atom. The summed E-state index contributed by atoms with van der Waals surface area (Å²) >= 11 is 0. The van der Waals surface area contributed by atoms with Gasteiger partial charge in [0.1, 0.15) is 17.5 Å². The normalized spacial score (nSPS) is 10.5. The van der Waals surface area contributed by atoms with Crippen LogP contribution in [-0.2, 0) is 6.42 Å². The number of nitrogens with two attached hydrogens (primary N) is 1. The highest BCUT2D eigenvalue weighted by Gasteiger charge is 2.11.